The van der Waals surface area contributed by atoms with Crippen LogP contribution >= 0.6 is 0 Å². The summed E-state index contributed by atoms with van der Waals surface area (Å²) in [5, 5.41) is 6.80. The van der Waals surface area contributed by atoms with Crippen LogP contribution in [0.5, 0.6) is 5.75 Å². The van der Waals surface area contributed by atoms with Gasteiger partial charge in [0.2, 0.25) is 0 Å². The average Bonchev–Trinajstić information content (AvgIpc) is 3.18. The summed E-state index contributed by atoms with van der Waals surface area (Å²) in [6.07, 6.45) is 8.36. The lowest BCUT2D eigenvalue weighted by molar-refractivity contribution is 0.340. The molecule has 26 heavy (non-hydrogen) atoms. The minimum atomic E-state index is -0.215. The van der Waals surface area contributed by atoms with Crippen molar-refractivity contribution in [2.75, 3.05) is 6.61 Å². The Morgan fingerprint density at radius 2 is 2.00 bits per heavy atom. The minimum absolute atomic E-state index is 0.215. The topological polar surface area (TPSA) is 85.7 Å². The van der Waals surface area contributed by atoms with Crippen LogP contribution in [-0.2, 0) is 0 Å². The molecule has 7 nitrogen and oxygen atoms in total. The van der Waals surface area contributed by atoms with Gasteiger partial charge in [0.15, 0.2) is 5.52 Å². The Balaban J connectivity index is 1.99. The minimum Gasteiger partial charge on any atom is -0.494 e. The van der Waals surface area contributed by atoms with Gasteiger partial charge in [-0.3, -0.25) is 19.4 Å². The number of rotatable bonds is 4. The van der Waals surface area contributed by atoms with E-state index in [1.54, 1.807) is 29.4 Å². The molecule has 0 spiro atoms. The van der Waals surface area contributed by atoms with Crippen LogP contribution in [0.3, 0.4) is 0 Å². The largest absolute Gasteiger partial charge is 0.494 e. The van der Waals surface area contributed by atoms with Crippen LogP contribution in [-0.4, -0.2) is 31.3 Å². The Morgan fingerprint density at radius 3 is 2.69 bits per heavy atom. The van der Waals surface area contributed by atoms with Crippen LogP contribution in [0.2, 0.25) is 0 Å². The Labute approximate surface area is 149 Å². The molecule has 4 aromatic rings. The van der Waals surface area contributed by atoms with Gasteiger partial charge in [0.1, 0.15) is 11.3 Å². The number of pyridine rings is 1. The molecule has 0 amide bonds. The molecular weight excluding hydrogens is 330 g/mol. The zero-order valence-electron chi connectivity index (χ0n) is 14.4. The van der Waals surface area contributed by atoms with Gasteiger partial charge in [-0.05, 0) is 37.6 Å². The highest BCUT2D eigenvalue weighted by molar-refractivity contribution is 5.90. The fraction of sp³-hybridized carbons (Fsp3) is 0.158. The SMILES string of the molecule is CCOc1ccc(-n2cc(-c3cn[nH]c3)c3nccnc3c2=O)c(C)c1. The second-order valence-corrected chi connectivity index (χ2v) is 5.84. The van der Waals surface area contributed by atoms with E-state index in [9.17, 15) is 4.79 Å². The van der Waals surface area contributed by atoms with Crippen molar-refractivity contribution in [3.63, 3.8) is 0 Å². The van der Waals surface area contributed by atoms with Crippen molar-refractivity contribution >= 4 is 11.0 Å². The molecule has 0 aliphatic heterocycles. The van der Waals surface area contributed by atoms with Crippen molar-refractivity contribution in [2.24, 2.45) is 0 Å². The molecule has 0 radical (unpaired) electrons. The number of hydrogen-bond acceptors (Lipinski definition) is 5. The van der Waals surface area contributed by atoms with E-state index in [0.29, 0.717) is 17.6 Å². The molecule has 4 rings (SSSR count). The van der Waals surface area contributed by atoms with E-state index in [2.05, 4.69) is 20.2 Å². The molecule has 1 N–H and O–H groups in total. The number of H-pyrrole nitrogens is 1. The van der Waals surface area contributed by atoms with E-state index in [1.165, 1.54) is 6.20 Å². The molecule has 0 fully saturated rings. The number of hydrogen-bond donors (Lipinski definition) is 1. The normalized spacial score (nSPS) is 11.0. The summed E-state index contributed by atoms with van der Waals surface area (Å²) in [7, 11) is 0. The molecule has 0 saturated carbocycles. The molecule has 0 bridgehead atoms. The van der Waals surface area contributed by atoms with Gasteiger partial charge in [-0.25, -0.2) is 4.98 Å². The van der Waals surface area contributed by atoms with Gasteiger partial charge in [-0.1, -0.05) is 0 Å². The quantitative estimate of drug-likeness (QED) is 0.613. The second kappa shape index (κ2) is 6.44. The lowest BCUT2D eigenvalue weighted by Crippen LogP contribution is -2.20. The summed E-state index contributed by atoms with van der Waals surface area (Å²) in [6, 6.07) is 5.66. The smallest absolute Gasteiger partial charge is 0.283 e. The first kappa shape index (κ1) is 16.0. The van der Waals surface area contributed by atoms with E-state index in [0.717, 1.165) is 28.1 Å². The number of nitrogens with one attached hydrogen (secondary N) is 1. The number of aromatic amines is 1. The maximum Gasteiger partial charge on any atom is 0.283 e. The fourth-order valence-electron chi connectivity index (χ4n) is 3.00. The molecule has 3 heterocycles. The summed E-state index contributed by atoms with van der Waals surface area (Å²) < 4.78 is 7.14. The zero-order valence-corrected chi connectivity index (χ0v) is 14.4. The predicted molar refractivity (Wildman–Crippen MR) is 98.6 cm³/mol. The van der Waals surface area contributed by atoms with Crippen LogP contribution in [0.15, 0.2) is 54.0 Å². The first-order valence-corrected chi connectivity index (χ1v) is 8.28. The first-order valence-electron chi connectivity index (χ1n) is 8.28. The van der Waals surface area contributed by atoms with Crippen LogP contribution in [0.4, 0.5) is 0 Å². The number of aromatic nitrogens is 5. The number of ether oxygens (including phenoxy) is 1. The van der Waals surface area contributed by atoms with E-state index in [-0.39, 0.29) is 5.56 Å². The lowest BCUT2D eigenvalue weighted by Gasteiger charge is -2.14. The Kier molecular flexibility index (Phi) is 3.96. The van der Waals surface area contributed by atoms with E-state index < -0.39 is 0 Å². The summed E-state index contributed by atoms with van der Waals surface area (Å²) in [4.78, 5) is 21.6. The van der Waals surface area contributed by atoms with Crippen molar-refractivity contribution in [1.29, 1.82) is 0 Å². The third-order valence-corrected chi connectivity index (χ3v) is 4.18. The Hall–Kier alpha value is -3.48. The maximum atomic E-state index is 13.0. The molecule has 0 aliphatic rings. The third-order valence-electron chi connectivity index (χ3n) is 4.18. The fourth-order valence-corrected chi connectivity index (χ4v) is 3.00. The van der Waals surface area contributed by atoms with Crippen LogP contribution in [0.1, 0.15) is 12.5 Å². The lowest BCUT2D eigenvalue weighted by atomic mass is 10.1. The van der Waals surface area contributed by atoms with Gasteiger partial charge in [-0.15, -0.1) is 0 Å². The molecule has 0 unspecified atom stereocenters. The van der Waals surface area contributed by atoms with Gasteiger partial charge < -0.3 is 4.74 Å². The molecule has 0 atom stereocenters. The highest BCUT2D eigenvalue weighted by Crippen LogP contribution is 2.26. The van der Waals surface area contributed by atoms with Crippen molar-refractivity contribution in [2.45, 2.75) is 13.8 Å². The second-order valence-electron chi connectivity index (χ2n) is 5.84. The van der Waals surface area contributed by atoms with E-state index >= 15 is 0 Å². The number of nitrogens with zero attached hydrogens (tertiary/aromatic N) is 4. The Morgan fingerprint density at radius 1 is 1.19 bits per heavy atom. The number of fused-ring (bicyclic) bond motifs is 1. The van der Waals surface area contributed by atoms with Gasteiger partial charge in [-0.2, -0.15) is 5.10 Å². The van der Waals surface area contributed by atoms with Gasteiger partial charge in [0.05, 0.1) is 18.5 Å². The molecule has 130 valence electrons. The summed E-state index contributed by atoms with van der Waals surface area (Å²) >= 11 is 0. The third kappa shape index (κ3) is 2.63. The van der Waals surface area contributed by atoms with Crippen molar-refractivity contribution < 1.29 is 4.74 Å². The molecule has 3 aromatic heterocycles. The van der Waals surface area contributed by atoms with Crippen LogP contribution in [0, 0.1) is 6.92 Å². The monoisotopic (exact) mass is 347 g/mol. The molecule has 0 aliphatic carbocycles. The Bertz CT molecular complexity index is 1130. The standard InChI is InChI=1S/C19H17N5O2/c1-3-26-14-4-5-16(12(2)8-14)24-11-15(13-9-22-23-10-13)17-18(19(24)25)21-7-6-20-17/h4-11H,3H2,1-2H3,(H,22,23). The number of benzene rings is 1. The number of aryl methyl sites for hydroxylation is 1. The van der Waals surface area contributed by atoms with Crippen LogP contribution in [0.25, 0.3) is 27.8 Å². The highest BCUT2D eigenvalue weighted by Gasteiger charge is 2.15. The van der Waals surface area contributed by atoms with Crippen molar-refractivity contribution in [1.82, 2.24) is 24.7 Å². The summed E-state index contributed by atoms with van der Waals surface area (Å²) in [5.74, 6) is 0.775. The first-order chi connectivity index (χ1) is 12.7. The van der Waals surface area contributed by atoms with E-state index in [1.807, 2.05) is 32.0 Å². The van der Waals surface area contributed by atoms with Gasteiger partial charge in [0.25, 0.3) is 5.56 Å². The molecule has 1 aromatic carbocycles. The summed E-state index contributed by atoms with van der Waals surface area (Å²) in [6.45, 7) is 4.48. The predicted octanol–water partition coefficient (Wildman–Crippen LogP) is 2.88. The zero-order chi connectivity index (χ0) is 18.1. The van der Waals surface area contributed by atoms with Gasteiger partial charge in [0, 0.05) is 35.9 Å². The maximum absolute atomic E-state index is 13.0. The van der Waals surface area contributed by atoms with Crippen molar-refractivity contribution in [3.8, 4) is 22.6 Å². The molecule has 7 heteroatoms. The summed E-state index contributed by atoms with van der Waals surface area (Å²) in [5.41, 5.74) is 3.99. The van der Waals surface area contributed by atoms with Gasteiger partial charge >= 0.3 is 0 Å². The molecular formula is C19H17N5O2. The van der Waals surface area contributed by atoms with E-state index in [4.69, 9.17) is 4.74 Å². The van der Waals surface area contributed by atoms with Crippen molar-refractivity contribution in [3.05, 3.63) is 65.1 Å². The molecule has 0 saturated heterocycles. The van der Waals surface area contributed by atoms with Crippen LogP contribution < -0.4 is 10.3 Å². The average molecular weight is 347 g/mol. The highest BCUT2D eigenvalue weighted by atomic mass is 16.5.